The van der Waals surface area contributed by atoms with Gasteiger partial charge in [0.1, 0.15) is 12.1 Å². The van der Waals surface area contributed by atoms with Gasteiger partial charge in [0.2, 0.25) is 0 Å². The smallest absolute Gasteiger partial charge is 0.320 e. The highest BCUT2D eigenvalue weighted by molar-refractivity contribution is 5.88. The molecule has 0 aliphatic carbocycles. The van der Waals surface area contributed by atoms with E-state index in [2.05, 4.69) is 39.8 Å². The molecule has 120 valence electrons. The van der Waals surface area contributed by atoms with Gasteiger partial charge in [0.25, 0.3) is 0 Å². The van der Waals surface area contributed by atoms with Crippen LogP contribution in [-0.2, 0) is 13.1 Å². The lowest BCUT2D eigenvalue weighted by molar-refractivity contribution is 0.251. The Labute approximate surface area is 129 Å². The maximum absolute atomic E-state index is 12.0. The molecule has 0 aliphatic rings. The molecule has 0 saturated carbocycles. The number of hydrogen-bond donors (Lipinski definition) is 2. The fraction of sp³-hybridized carbons (Fsp3) is 0.571. The van der Waals surface area contributed by atoms with Gasteiger partial charge in [-0.1, -0.05) is 13.8 Å². The molecule has 2 aromatic heterocycles. The molecule has 22 heavy (non-hydrogen) atoms. The molecular formula is C14H23N7O. The number of rotatable bonds is 6. The van der Waals surface area contributed by atoms with Crippen LogP contribution < -0.4 is 10.6 Å². The van der Waals surface area contributed by atoms with E-state index >= 15 is 0 Å². The van der Waals surface area contributed by atoms with E-state index in [1.807, 2.05) is 18.4 Å². The van der Waals surface area contributed by atoms with Gasteiger partial charge in [-0.2, -0.15) is 5.10 Å². The summed E-state index contributed by atoms with van der Waals surface area (Å²) in [5.41, 5.74) is 0. The fourth-order valence-corrected chi connectivity index (χ4v) is 2.07. The topological polar surface area (TPSA) is 89.7 Å². The van der Waals surface area contributed by atoms with Crippen LogP contribution >= 0.6 is 0 Å². The molecule has 0 atom stereocenters. The fourth-order valence-electron chi connectivity index (χ4n) is 2.07. The van der Waals surface area contributed by atoms with Gasteiger partial charge >= 0.3 is 6.03 Å². The number of urea groups is 1. The van der Waals surface area contributed by atoms with Crippen LogP contribution in [0.2, 0.25) is 0 Å². The molecule has 8 heteroatoms. The Bertz CT molecular complexity index is 614. The summed E-state index contributed by atoms with van der Waals surface area (Å²) in [6.45, 7) is 9.36. The predicted molar refractivity (Wildman–Crippen MR) is 83.3 cm³/mol. The first-order valence-corrected chi connectivity index (χ1v) is 7.42. The third-order valence-corrected chi connectivity index (χ3v) is 3.11. The highest BCUT2D eigenvalue weighted by atomic mass is 16.2. The van der Waals surface area contributed by atoms with Gasteiger partial charge in [-0.15, -0.1) is 10.2 Å². The van der Waals surface area contributed by atoms with Gasteiger partial charge in [-0.05, 0) is 19.8 Å². The SMILES string of the molecule is CC(C)Cn1nccc1NC(=O)NCc1nncn1C(C)C. The van der Waals surface area contributed by atoms with E-state index in [1.54, 1.807) is 23.3 Å². The lowest BCUT2D eigenvalue weighted by atomic mass is 10.2. The van der Waals surface area contributed by atoms with E-state index in [1.165, 1.54) is 0 Å². The summed E-state index contributed by atoms with van der Waals surface area (Å²) in [6.07, 6.45) is 3.34. The second-order valence-electron chi connectivity index (χ2n) is 5.85. The molecule has 0 bridgehead atoms. The van der Waals surface area contributed by atoms with Crippen LogP contribution in [0.3, 0.4) is 0 Å². The minimum atomic E-state index is -0.288. The highest BCUT2D eigenvalue weighted by Gasteiger charge is 2.11. The summed E-state index contributed by atoms with van der Waals surface area (Å²) in [6, 6.07) is 1.74. The predicted octanol–water partition coefficient (Wildman–Crippen LogP) is 2.03. The van der Waals surface area contributed by atoms with Crippen LogP contribution in [0.25, 0.3) is 0 Å². The lowest BCUT2D eigenvalue weighted by Crippen LogP contribution is -2.30. The van der Waals surface area contributed by atoms with Gasteiger partial charge < -0.3 is 9.88 Å². The van der Waals surface area contributed by atoms with Gasteiger partial charge in [0.05, 0.1) is 12.7 Å². The van der Waals surface area contributed by atoms with E-state index in [0.717, 1.165) is 12.4 Å². The van der Waals surface area contributed by atoms with Crippen molar-refractivity contribution in [3.63, 3.8) is 0 Å². The number of nitrogens with one attached hydrogen (secondary N) is 2. The van der Waals surface area contributed by atoms with Gasteiger partial charge in [-0.25, -0.2) is 9.48 Å². The van der Waals surface area contributed by atoms with Crippen molar-refractivity contribution in [1.29, 1.82) is 0 Å². The number of aromatic nitrogens is 5. The lowest BCUT2D eigenvalue weighted by Gasteiger charge is -2.13. The molecule has 2 heterocycles. The molecule has 0 spiro atoms. The van der Waals surface area contributed by atoms with E-state index in [0.29, 0.717) is 18.3 Å². The Morgan fingerprint density at radius 3 is 2.77 bits per heavy atom. The van der Waals surface area contributed by atoms with Crippen LogP contribution in [0.1, 0.15) is 39.6 Å². The Hall–Kier alpha value is -2.38. The third kappa shape index (κ3) is 4.06. The quantitative estimate of drug-likeness (QED) is 0.854. The van der Waals surface area contributed by atoms with Crippen molar-refractivity contribution >= 4 is 11.8 Å². The van der Waals surface area contributed by atoms with Gasteiger partial charge in [-0.3, -0.25) is 5.32 Å². The maximum atomic E-state index is 12.0. The van der Waals surface area contributed by atoms with Crippen LogP contribution in [0, 0.1) is 5.92 Å². The molecule has 2 rings (SSSR count). The number of carbonyl (C=O) groups is 1. The zero-order valence-corrected chi connectivity index (χ0v) is 13.4. The molecule has 0 fully saturated rings. The molecular weight excluding hydrogens is 282 g/mol. The van der Waals surface area contributed by atoms with Crippen molar-refractivity contribution in [1.82, 2.24) is 29.9 Å². The number of hydrogen-bond acceptors (Lipinski definition) is 4. The van der Waals surface area contributed by atoms with Crippen molar-refractivity contribution in [3.8, 4) is 0 Å². The zero-order valence-electron chi connectivity index (χ0n) is 13.4. The van der Waals surface area contributed by atoms with Crippen molar-refractivity contribution < 1.29 is 4.79 Å². The number of anilines is 1. The Balaban J connectivity index is 1.91. The molecule has 8 nitrogen and oxygen atoms in total. The number of amides is 2. The largest absolute Gasteiger partial charge is 0.331 e. The first-order chi connectivity index (χ1) is 10.5. The molecule has 0 unspecified atom stereocenters. The van der Waals surface area contributed by atoms with E-state index in [4.69, 9.17) is 0 Å². The van der Waals surface area contributed by atoms with Crippen molar-refractivity contribution in [2.45, 2.75) is 46.8 Å². The molecule has 0 saturated heterocycles. The number of carbonyl (C=O) groups excluding carboxylic acids is 1. The second-order valence-corrected chi connectivity index (χ2v) is 5.85. The molecule has 2 amide bonds. The monoisotopic (exact) mass is 305 g/mol. The number of nitrogens with zero attached hydrogens (tertiary/aromatic N) is 5. The second kappa shape index (κ2) is 7.06. The minimum Gasteiger partial charge on any atom is -0.331 e. The molecule has 0 aromatic carbocycles. The summed E-state index contributed by atoms with van der Waals surface area (Å²) < 4.78 is 3.70. The Kier molecular flexibility index (Phi) is 5.13. The van der Waals surface area contributed by atoms with Gasteiger partial charge in [0, 0.05) is 18.7 Å². The van der Waals surface area contributed by atoms with Crippen molar-refractivity contribution in [3.05, 3.63) is 24.4 Å². The normalized spacial score (nSPS) is 11.2. The summed E-state index contributed by atoms with van der Waals surface area (Å²) >= 11 is 0. The molecule has 2 aromatic rings. The van der Waals surface area contributed by atoms with Crippen LogP contribution in [0.15, 0.2) is 18.6 Å². The first-order valence-electron chi connectivity index (χ1n) is 7.42. The summed E-state index contributed by atoms with van der Waals surface area (Å²) in [5.74, 6) is 1.85. The summed E-state index contributed by atoms with van der Waals surface area (Å²) in [5, 5.41) is 17.7. The zero-order chi connectivity index (χ0) is 16.1. The Morgan fingerprint density at radius 1 is 1.32 bits per heavy atom. The summed E-state index contributed by atoms with van der Waals surface area (Å²) in [7, 11) is 0. The van der Waals surface area contributed by atoms with E-state index in [9.17, 15) is 4.79 Å². The van der Waals surface area contributed by atoms with Crippen molar-refractivity contribution in [2.24, 2.45) is 5.92 Å². The Morgan fingerprint density at radius 2 is 2.09 bits per heavy atom. The average Bonchev–Trinajstić information content (AvgIpc) is 3.05. The minimum absolute atomic E-state index is 0.252. The maximum Gasteiger partial charge on any atom is 0.320 e. The highest BCUT2D eigenvalue weighted by Crippen LogP contribution is 2.09. The van der Waals surface area contributed by atoms with Crippen molar-refractivity contribution in [2.75, 3.05) is 5.32 Å². The first kappa shape index (κ1) is 16.0. The van der Waals surface area contributed by atoms with Crippen LogP contribution in [-0.4, -0.2) is 30.6 Å². The van der Waals surface area contributed by atoms with E-state index in [-0.39, 0.29) is 12.1 Å². The van der Waals surface area contributed by atoms with E-state index < -0.39 is 0 Å². The average molecular weight is 305 g/mol. The molecule has 2 N–H and O–H groups in total. The molecule has 0 radical (unpaired) electrons. The third-order valence-electron chi connectivity index (χ3n) is 3.11. The van der Waals surface area contributed by atoms with Crippen LogP contribution in [0.4, 0.5) is 10.6 Å². The van der Waals surface area contributed by atoms with Gasteiger partial charge in [0.15, 0.2) is 5.82 Å². The summed E-state index contributed by atoms with van der Waals surface area (Å²) in [4.78, 5) is 12.0. The molecule has 0 aliphatic heterocycles. The standard InChI is InChI=1S/C14H23N7O/c1-10(2)8-21-12(5-6-17-21)18-14(22)15-7-13-19-16-9-20(13)11(3)4/h5-6,9-11H,7-8H2,1-4H3,(H2,15,18,22). The van der Waals surface area contributed by atoms with Crippen LogP contribution in [0.5, 0.6) is 0 Å².